The Bertz CT molecular complexity index is 145. The summed E-state index contributed by atoms with van der Waals surface area (Å²) in [6.45, 7) is 5.61. The minimum Gasteiger partial charge on any atom is -0.303 e. The molecule has 0 aromatic heterocycles. The van der Waals surface area contributed by atoms with E-state index in [1.807, 2.05) is 0 Å². The Balaban J connectivity index is 3.49. The highest BCUT2D eigenvalue weighted by Gasteiger charge is 2.08. The summed E-state index contributed by atoms with van der Waals surface area (Å²) < 4.78 is 0. The monoisotopic (exact) mass is 182 g/mol. The fraction of sp³-hybridized carbons (Fsp3) is 0.909. The van der Waals surface area contributed by atoms with Crippen LogP contribution in [0.3, 0.4) is 0 Å². The number of nitrogens with zero attached hydrogens (tertiary/aromatic N) is 2. The molecule has 0 atom stereocenters. The van der Waals surface area contributed by atoms with Gasteiger partial charge >= 0.3 is 0 Å². The van der Waals surface area contributed by atoms with E-state index in [1.165, 1.54) is 12.8 Å². The molecule has 13 heavy (non-hydrogen) atoms. The molecule has 0 fully saturated rings. The molecule has 0 aliphatic rings. The van der Waals surface area contributed by atoms with E-state index < -0.39 is 0 Å². The molecule has 0 aliphatic carbocycles. The van der Waals surface area contributed by atoms with E-state index in [4.69, 9.17) is 5.26 Å². The van der Waals surface area contributed by atoms with Gasteiger partial charge in [-0.1, -0.05) is 13.8 Å². The predicted octanol–water partition coefficient (Wildman–Crippen LogP) is 2.80. The zero-order chi connectivity index (χ0) is 10.1. The fourth-order valence-corrected chi connectivity index (χ4v) is 1.66. The Labute approximate surface area is 82.5 Å². The zero-order valence-corrected chi connectivity index (χ0v) is 9.21. The van der Waals surface area contributed by atoms with E-state index in [9.17, 15) is 0 Å². The summed E-state index contributed by atoms with van der Waals surface area (Å²) in [4.78, 5) is 2.41. The Hall–Kier alpha value is -0.550. The van der Waals surface area contributed by atoms with Gasteiger partial charge in [0.1, 0.15) is 0 Å². The molecule has 0 radical (unpaired) electrons. The van der Waals surface area contributed by atoms with E-state index in [1.54, 1.807) is 0 Å². The van der Waals surface area contributed by atoms with Crippen LogP contribution in [0.25, 0.3) is 0 Å². The topological polar surface area (TPSA) is 27.0 Å². The Morgan fingerprint density at radius 1 is 1.23 bits per heavy atom. The van der Waals surface area contributed by atoms with Crippen molar-refractivity contribution in [3.63, 3.8) is 0 Å². The molecular weight excluding hydrogens is 160 g/mol. The molecule has 2 heteroatoms. The van der Waals surface area contributed by atoms with Crippen molar-refractivity contribution >= 4 is 0 Å². The molecule has 0 amide bonds. The van der Waals surface area contributed by atoms with Crippen LogP contribution >= 0.6 is 0 Å². The van der Waals surface area contributed by atoms with Crippen molar-refractivity contribution in [2.24, 2.45) is 0 Å². The maximum absolute atomic E-state index is 8.37. The number of rotatable bonds is 7. The maximum Gasteiger partial charge on any atom is 0.0621 e. The van der Waals surface area contributed by atoms with Crippen molar-refractivity contribution in [3.05, 3.63) is 0 Å². The molecule has 76 valence electrons. The van der Waals surface area contributed by atoms with Gasteiger partial charge in [0.05, 0.1) is 6.07 Å². The smallest absolute Gasteiger partial charge is 0.0621 e. The molecular formula is C11H22N2. The molecule has 0 spiro atoms. The van der Waals surface area contributed by atoms with Gasteiger partial charge in [0.15, 0.2) is 0 Å². The SMILES string of the molecule is CCC(CC)N(C)CCCCC#N. The molecule has 0 saturated carbocycles. The minimum atomic E-state index is 0.705. The Morgan fingerprint density at radius 2 is 1.85 bits per heavy atom. The molecule has 0 rings (SSSR count). The minimum absolute atomic E-state index is 0.705. The van der Waals surface area contributed by atoms with Crippen LogP contribution in [0.1, 0.15) is 46.0 Å². The third-order valence-electron chi connectivity index (χ3n) is 2.62. The molecule has 0 heterocycles. The van der Waals surface area contributed by atoms with Gasteiger partial charge in [0.25, 0.3) is 0 Å². The van der Waals surface area contributed by atoms with Gasteiger partial charge in [-0.05, 0) is 39.3 Å². The van der Waals surface area contributed by atoms with Crippen LogP contribution in [0, 0.1) is 11.3 Å². The van der Waals surface area contributed by atoms with Crippen molar-refractivity contribution in [2.45, 2.75) is 52.0 Å². The van der Waals surface area contributed by atoms with Crippen molar-refractivity contribution in [1.29, 1.82) is 5.26 Å². The van der Waals surface area contributed by atoms with Crippen molar-refractivity contribution in [3.8, 4) is 6.07 Å². The Morgan fingerprint density at radius 3 is 2.31 bits per heavy atom. The predicted molar refractivity (Wildman–Crippen MR) is 56.5 cm³/mol. The van der Waals surface area contributed by atoms with Gasteiger partial charge < -0.3 is 4.90 Å². The van der Waals surface area contributed by atoms with Crippen LogP contribution in [-0.4, -0.2) is 24.5 Å². The van der Waals surface area contributed by atoms with Crippen molar-refractivity contribution < 1.29 is 0 Å². The van der Waals surface area contributed by atoms with Crippen LogP contribution in [0.5, 0.6) is 0 Å². The third kappa shape index (κ3) is 5.65. The van der Waals surface area contributed by atoms with Crippen molar-refractivity contribution in [1.82, 2.24) is 4.90 Å². The quantitative estimate of drug-likeness (QED) is 0.566. The molecule has 0 bridgehead atoms. The number of hydrogen-bond donors (Lipinski definition) is 0. The largest absolute Gasteiger partial charge is 0.303 e. The van der Waals surface area contributed by atoms with Gasteiger partial charge in [0.2, 0.25) is 0 Å². The van der Waals surface area contributed by atoms with Gasteiger partial charge in [-0.2, -0.15) is 5.26 Å². The summed E-state index contributed by atoms with van der Waals surface area (Å²) >= 11 is 0. The number of nitriles is 1. The van der Waals surface area contributed by atoms with Crippen LogP contribution in [0.15, 0.2) is 0 Å². The van der Waals surface area contributed by atoms with Crippen LogP contribution in [-0.2, 0) is 0 Å². The maximum atomic E-state index is 8.37. The lowest BCUT2D eigenvalue weighted by atomic mass is 10.1. The first kappa shape index (κ1) is 12.4. The van der Waals surface area contributed by atoms with Crippen LogP contribution in [0.2, 0.25) is 0 Å². The first-order chi connectivity index (χ1) is 6.26. The first-order valence-electron chi connectivity index (χ1n) is 5.33. The highest BCUT2D eigenvalue weighted by molar-refractivity contribution is 4.70. The van der Waals surface area contributed by atoms with E-state index in [-0.39, 0.29) is 0 Å². The normalized spacial score (nSPS) is 10.8. The zero-order valence-electron chi connectivity index (χ0n) is 9.21. The third-order valence-corrected chi connectivity index (χ3v) is 2.62. The standard InChI is InChI=1S/C11H22N2/c1-4-11(5-2)13(3)10-8-6-7-9-12/h11H,4-8,10H2,1-3H3. The molecule has 0 aliphatic heterocycles. The second-order valence-electron chi connectivity index (χ2n) is 3.57. The van der Waals surface area contributed by atoms with Gasteiger partial charge in [-0.15, -0.1) is 0 Å². The molecule has 0 N–H and O–H groups in total. The first-order valence-corrected chi connectivity index (χ1v) is 5.33. The highest BCUT2D eigenvalue weighted by atomic mass is 15.1. The molecule has 0 saturated heterocycles. The lowest BCUT2D eigenvalue weighted by Gasteiger charge is -2.25. The average molecular weight is 182 g/mol. The summed E-state index contributed by atoms with van der Waals surface area (Å²) in [6, 6.07) is 2.90. The Kier molecular flexibility index (Phi) is 7.73. The molecule has 2 nitrogen and oxygen atoms in total. The fourth-order valence-electron chi connectivity index (χ4n) is 1.66. The number of hydrogen-bond acceptors (Lipinski definition) is 2. The van der Waals surface area contributed by atoms with E-state index >= 15 is 0 Å². The molecule has 0 aromatic carbocycles. The molecule has 0 unspecified atom stereocenters. The van der Waals surface area contributed by atoms with Gasteiger partial charge in [-0.25, -0.2) is 0 Å². The van der Waals surface area contributed by atoms with E-state index in [0.717, 1.165) is 25.4 Å². The highest BCUT2D eigenvalue weighted by Crippen LogP contribution is 2.07. The average Bonchev–Trinajstić information content (AvgIpc) is 2.14. The summed E-state index contributed by atoms with van der Waals surface area (Å²) in [5, 5.41) is 8.37. The summed E-state index contributed by atoms with van der Waals surface area (Å²) in [6.07, 6.45) is 5.36. The number of unbranched alkanes of at least 4 members (excludes halogenated alkanes) is 2. The lowest BCUT2D eigenvalue weighted by molar-refractivity contribution is 0.226. The van der Waals surface area contributed by atoms with E-state index in [2.05, 4.69) is 31.9 Å². The molecule has 0 aromatic rings. The summed E-state index contributed by atoms with van der Waals surface area (Å²) in [5.74, 6) is 0. The van der Waals surface area contributed by atoms with Crippen molar-refractivity contribution in [2.75, 3.05) is 13.6 Å². The summed E-state index contributed by atoms with van der Waals surface area (Å²) in [7, 11) is 2.18. The van der Waals surface area contributed by atoms with Crippen LogP contribution in [0.4, 0.5) is 0 Å². The van der Waals surface area contributed by atoms with Gasteiger partial charge in [-0.3, -0.25) is 0 Å². The lowest BCUT2D eigenvalue weighted by Crippen LogP contribution is -2.31. The van der Waals surface area contributed by atoms with E-state index in [0.29, 0.717) is 6.42 Å². The second kappa shape index (κ2) is 8.07. The summed E-state index contributed by atoms with van der Waals surface area (Å²) in [5.41, 5.74) is 0. The van der Waals surface area contributed by atoms with Crippen LogP contribution < -0.4 is 0 Å². The van der Waals surface area contributed by atoms with Gasteiger partial charge in [0, 0.05) is 12.5 Å². The second-order valence-corrected chi connectivity index (χ2v) is 3.57.